The van der Waals surface area contributed by atoms with Crippen molar-refractivity contribution in [1.29, 1.82) is 0 Å². The number of carbonyl (C=O) groups is 2. The van der Waals surface area contributed by atoms with Crippen LogP contribution in [0, 0.1) is 0 Å². The highest BCUT2D eigenvalue weighted by Crippen LogP contribution is 2.33. The fourth-order valence-electron chi connectivity index (χ4n) is 3.46. The van der Waals surface area contributed by atoms with Gasteiger partial charge in [0.05, 0.1) is 16.8 Å². The number of piperidine rings is 1. The first kappa shape index (κ1) is 20.2. The van der Waals surface area contributed by atoms with Gasteiger partial charge in [0.25, 0.3) is 5.91 Å². The summed E-state index contributed by atoms with van der Waals surface area (Å²) >= 11 is 7.03. The normalized spacial score (nSPS) is 16.2. The molecule has 1 aliphatic heterocycles. The zero-order chi connectivity index (χ0) is 20.9. The predicted molar refractivity (Wildman–Crippen MR) is 116 cm³/mol. The fraction of sp³-hybridized carbons (Fsp3) is 0.250. The van der Waals surface area contributed by atoms with Gasteiger partial charge >= 0.3 is 6.03 Å². The van der Waals surface area contributed by atoms with Gasteiger partial charge in [-0.1, -0.05) is 34.3 Å². The number of benzene rings is 1. The number of likely N-dealkylation sites (tertiary alicyclic amines) is 1. The van der Waals surface area contributed by atoms with Crippen molar-refractivity contribution in [3.05, 3.63) is 65.1 Å². The van der Waals surface area contributed by atoms with Gasteiger partial charge in [-0.15, -0.1) is 5.10 Å². The Bertz CT molecular complexity index is 1040. The summed E-state index contributed by atoms with van der Waals surface area (Å²) in [5.74, 6) is -0.259. The second-order valence-electron chi connectivity index (χ2n) is 6.81. The quantitative estimate of drug-likeness (QED) is 0.615. The third-order valence-corrected chi connectivity index (χ3v) is 5.84. The van der Waals surface area contributed by atoms with E-state index in [4.69, 9.17) is 11.6 Å². The van der Waals surface area contributed by atoms with Crippen molar-refractivity contribution in [3.8, 4) is 0 Å². The van der Waals surface area contributed by atoms with Crippen molar-refractivity contribution in [2.75, 3.05) is 17.2 Å². The van der Waals surface area contributed by atoms with Crippen LogP contribution in [-0.2, 0) is 0 Å². The van der Waals surface area contributed by atoms with E-state index < -0.39 is 6.03 Å². The molecule has 1 unspecified atom stereocenters. The van der Waals surface area contributed by atoms with Crippen LogP contribution in [0.2, 0.25) is 5.02 Å². The van der Waals surface area contributed by atoms with E-state index in [1.807, 2.05) is 12.1 Å². The molecule has 3 aromatic rings. The van der Waals surface area contributed by atoms with Crippen molar-refractivity contribution in [2.24, 2.45) is 0 Å². The number of nitrogens with one attached hydrogen (secondary N) is 2. The first-order valence-electron chi connectivity index (χ1n) is 9.49. The lowest BCUT2D eigenvalue weighted by atomic mass is 9.96. The molecule has 1 fully saturated rings. The molecule has 0 spiro atoms. The smallest absolute Gasteiger partial charge is 0.324 e. The number of hydrogen-bond acceptors (Lipinski definition) is 6. The first-order valence-corrected chi connectivity index (χ1v) is 10.6. The zero-order valence-electron chi connectivity index (χ0n) is 15.9. The van der Waals surface area contributed by atoms with E-state index >= 15 is 0 Å². The summed E-state index contributed by atoms with van der Waals surface area (Å²) in [4.78, 5) is 31.6. The Morgan fingerprint density at radius 2 is 2.00 bits per heavy atom. The van der Waals surface area contributed by atoms with Crippen LogP contribution in [0.25, 0.3) is 0 Å². The minimum Gasteiger partial charge on any atom is -0.330 e. The SMILES string of the molecule is O=C(Nc1ccccc1Cl)Nc1snnc1C(=O)N1CCCCC1c1cccnc1. The van der Waals surface area contributed by atoms with Gasteiger partial charge < -0.3 is 10.2 Å². The van der Waals surface area contributed by atoms with E-state index in [1.165, 1.54) is 0 Å². The van der Waals surface area contributed by atoms with Crippen molar-refractivity contribution in [2.45, 2.75) is 25.3 Å². The van der Waals surface area contributed by atoms with E-state index in [2.05, 4.69) is 25.2 Å². The van der Waals surface area contributed by atoms with Crippen LogP contribution in [0.4, 0.5) is 15.5 Å². The minimum absolute atomic E-state index is 0.0774. The molecule has 2 N–H and O–H groups in total. The summed E-state index contributed by atoms with van der Waals surface area (Å²) in [6.45, 7) is 0.612. The number of aromatic nitrogens is 3. The summed E-state index contributed by atoms with van der Waals surface area (Å²) in [6, 6.07) is 10.1. The maximum absolute atomic E-state index is 13.3. The molecule has 1 aromatic carbocycles. The molecular weight excluding hydrogens is 424 g/mol. The summed E-state index contributed by atoms with van der Waals surface area (Å²) < 4.78 is 3.88. The molecule has 0 radical (unpaired) electrons. The van der Waals surface area contributed by atoms with Gasteiger partial charge in [0, 0.05) is 30.5 Å². The Kier molecular flexibility index (Phi) is 6.20. The average Bonchev–Trinajstić information content (AvgIpc) is 3.23. The van der Waals surface area contributed by atoms with Crippen LogP contribution in [0.5, 0.6) is 0 Å². The van der Waals surface area contributed by atoms with Gasteiger partial charge in [-0.2, -0.15) is 0 Å². The van der Waals surface area contributed by atoms with Gasteiger partial charge in [-0.25, -0.2) is 4.79 Å². The Labute approximate surface area is 182 Å². The van der Waals surface area contributed by atoms with Crippen LogP contribution >= 0.6 is 23.1 Å². The number of carbonyl (C=O) groups excluding carboxylic acids is 2. The van der Waals surface area contributed by atoms with E-state index in [9.17, 15) is 9.59 Å². The molecule has 0 aliphatic carbocycles. The Hall–Kier alpha value is -3.04. The molecule has 4 rings (SSSR count). The van der Waals surface area contributed by atoms with Gasteiger partial charge in [0.1, 0.15) is 0 Å². The molecule has 1 atom stereocenters. The van der Waals surface area contributed by atoms with Gasteiger partial charge in [-0.05, 0) is 43.0 Å². The number of para-hydroxylation sites is 1. The highest BCUT2D eigenvalue weighted by molar-refractivity contribution is 7.10. The Balaban J connectivity index is 1.51. The van der Waals surface area contributed by atoms with Crippen LogP contribution in [0.3, 0.4) is 0 Å². The molecule has 2 aromatic heterocycles. The third kappa shape index (κ3) is 4.42. The largest absolute Gasteiger partial charge is 0.330 e. The van der Waals surface area contributed by atoms with E-state index in [-0.39, 0.29) is 17.6 Å². The molecule has 154 valence electrons. The van der Waals surface area contributed by atoms with Crippen molar-refractivity contribution >= 4 is 45.8 Å². The highest BCUT2D eigenvalue weighted by atomic mass is 35.5. The molecule has 1 saturated heterocycles. The predicted octanol–water partition coefficient (Wildman–Crippen LogP) is 4.60. The van der Waals surface area contributed by atoms with E-state index in [0.29, 0.717) is 22.3 Å². The number of halogens is 1. The molecule has 0 bridgehead atoms. The lowest BCUT2D eigenvalue weighted by Crippen LogP contribution is -2.39. The number of hydrogen-bond donors (Lipinski definition) is 2. The Morgan fingerprint density at radius 1 is 1.13 bits per heavy atom. The van der Waals surface area contributed by atoms with E-state index in [0.717, 1.165) is 36.4 Å². The zero-order valence-corrected chi connectivity index (χ0v) is 17.5. The number of nitrogens with zero attached hydrogens (tertiary/aromatic N) is 4. The summed E-state index contributed by atoms with van der Waals surface area (Å²) in [5.41, 5.74) is 1.58. The molecular formula is C20H19ClN6O2S. The number of rotatable bonds is 4. The topological polar surface area (TPSA) is 100 Å². The maximum Gasteiger partial charge on any atom is 0.324 e. The van der Waals surface area contributed by atoms with Crippen molar-refractivity contribution in [3.63, 3.8) is 0 Å². The Morgan fingerprint density at radius 3 is 2.80 bits per heavy atom. The second kappa shape index (κ2) is 9.19. The van der Waals surface area contributed by atoms with Gasteiger partial charge in [0.15, 0.2) is 10.7 Å². The van der Waals surface area contributed by atoms with E-state index in [1.54, 1.807) is 41.6 Å². The number of urea groups is 1. The van der Waals surface area contributed by atoms with Gasteiger partial charge in [0.2, 0.25) is 0 Å². The molecule has 30 heavy (non-hydrogen) atoms. The number of anilines is 2. The fourth-order valence-corrected chi connectivity index (χ4v) is 4.20. The van der Waals surface area contributed by atoms with Crippen LogP contribution in [0.1, 0.15) is 41.4 Å². The molecule has 8 nitrogen and oxygen atoms in total. The standard InChI is InChI=1S/C20H19ClN6O2S/c21-14-7-1-2-8-15(14)23-20(29)24-18-17(25-26-30-18)19(28)27-11-4-3-9-16(27)13-6-5-10-22-12-13/h1-2,5-8,10,12,16H,3-4,9,11H2,(H2,23,24,29). The van der Waals surface area contributed by atoms with Crippen LogP contribution < -0.4 is 10.6 Å². The van der Waals surface area contributed by atoms with Gasteiger partial charge in [-0.3, -0.25) is 15.1 Å². The average molecular weight is 443 g/mol. The summed E-state index contributed by atoms with van der Waals surface area (Å²) in [5, 5.41) is 10.0. The second-order valence-corrected chi connectivity index (χ2v) is 7.97. The molecule has 10 heteroatoms. The molecule has 3 amide bonds. The lowest BCUT2D eigenvalue weighted by molar-refractivity contribution is 0.0606. The molecule has 1 aliphatic rings. The summed E-state index contributed by atoms with van der Waals surface area (Å²) in [6.07, 6.45) is 6.29. The minimum atomic E-state index is -0.523. The highest BCUT2D eigenvalue weighted by Gasteiger charge is 2.32. The third-order valence-electron chi connectivity index (χ3n) is 4.87. The number of amides is 3. The molecule has 3 heterocycles. The summed E-state index contributed by atoms with van der Waals surface area (Å²) in [7, 11) is 0. The van der Waals surface area contributed by atoms with Crippen molar-refractivity contribution < 1.29 is 9.59 Å². The van der Waals surface area contributed by atoms with Crippen LogP contribution in [-0.4, -0.2) is 38.0 Å². The molecule has 0 saturated carbocycles. The lowest BCUT2D eigenvalue weighted by Gasteiger charge is -2.35. The maximum atomic E-state index is 13.3. The monoisotopic (exact) mass is 442 g/mol. The number of pyridine rings is 1. The first-order chi connectivity index (χ1) is 14.6. The van der Waals surface area contributed by atoms with Crippen LogP contribution in [0.15, 0.2) is 48.8 Å². The van der Waals surface area contributed by atoms with Crippen molar-refractivity contribution in [1.82, 2.24) is 19.5 Å².